The summed E-state index contributed by atoms with van der Waals surface area (Å²) in [6, 6.07) is 8.28. The Kier molecular flexibility index (Phi) is 7.69. The van der Waals surface area contributed by atoms with Crippen molar-refractivity contribution in [2.45, 2.75) is 32.6 Å². The number of methoxy groups -OCH3 is 1. The standard InChI is InChI=1S/C30H30ClFN4O4/c1-15(2)24-27(26-18-7-10-33-21(18)5-4-20(26)31)29(30(38)39)36-28(24)19-12-17(32)13-22-25(19)16(14-35-22)6-9-34-23(37)8-11-40-3/h4-5,7,10,12-15,33,35-36H,6,8-9,11H2,1-3H3,(H,34,37)(H,38,39). The smallest absolute Gasteiger partial charge is 0.352 e. The lowest BCUT2D eigenvalue weighted by atomic mass is 9.88. The second-order valence-electron chi connectivity index (χ2n) is 10.0. The van der Waals surface area contributed by atoms with Crippen LogP contribution in [0.3, 0.4) is 0 Å². The van der Waals surface area contributed by atoms with E-state index in [1.165, 1.54) is 12.1 Å². The van der Waals surface area contributed by atoms with E-state index in [4.69, 9.17) is 16.3 Å². The summed E-state index contributed by atoms with van der Waals surface area (Å²) in [6.07, 6.45) is 4.33. The van der Waals surface area contributed by atoms with Gasteiger partial charge in [0.2, 0.25) is 5.91 Å². The van der Waals surface area contributed by atoms with Gasteiger partial charge in [-0.05, 0) is 53.8 Å². The number of fused-ring (bicyclic) bond motifs is 2. The molecule has 1 amide bonds. The van der Waals surface area contributed by atoms with Crippen molar-refractivity contribution in [3.05, 3.63) is 70.4 Å². The number of nitrogens with one attached hydrogen (secondary N) is 4. The Balaban J connectivity index is 1.70. The van der Waals surface area contributed by atoms with Crippen LogP contribution >= 0.6 is 11.6 Å². The molecule has 0 aliphatic rings. The maximum absolute atomic E-state index is 15.0. The summed E-state index contributed by atoms with van der Waals surface area (Å²) in [7, 11) is 1.54. The van der Waals surface area contributed by atoms with Crippen LogP contribution in [-0.2, 0) is 16.0 Å². The first-order valence-corrected chi connectivity index (χ1v) is 13.4. The Morgan fingerprint density at radius 3 is 2.65 bits per heavy atom. The zero-order chi connectivity index (χ0) is 28.6. The number of aromatic carboxylic acids is 1. The normalized spacial score (nSPS) is 11.7. The van der Waals surface area contributed by atoms with Crippen LogP contribution in [-0.4, -0.2) is 52.2 Å². The van der Waals surface area contributed by atoms with Crippen molar-refractivity contribution in [3.63, 3.8) is 0 Å². The molecule has 208 valence electrons. The van der Waals surface area contributed by atoms with Gasteiger partial charge in [-0.15, -0.1) is 0 Å². The molecule has 0 fully saturated rings. The predicted molar refractivity (Wildman–Crippen MR) is 155 cm³/mol. The van der Waals surface area contributed by atoms with Gasteiger partial charge < -0.3 is 30.1 Å². The van der Waals surface area contributed by atoms with Crippen molar-refractivity contribution in [1.82, 2.24) is 20.3 Å². The number of aromatic amines is 3. The first kappa shape index (κ1) is 27.5. The van der Waals surface area contributed by atoms with Crippen LogP contribution in [0.15, 0.2) is 42.7 Å². The van der Waals surface area contributed by atoms with Gasteiger partial charge in [0.25, 0.3) is 0 Å². The van der Waals surface area contributed by atoms with Crippen molar-refractivity contribution in [3.8, 4) is 22.4 Å². The van der Waals surface area contributed by atoms with Crippen LogP contribution in [0.2, 0.25) is 5.02 Å². The number of carbonyl (C=O) groups excluding carboxylic acids is 1. The molecule has 5 aromatic rings. The van der Waals surface area contributed by atoms with Crippen molar-refractivity contribution >= 4 is 45.3 Å². The molecule has 8 nitrogen and oxygen atoms in total. The van der Waals surface area contributed by atoms with Gasteiger partial charge >= 0.3 is 5.97 Å². The summed E-state index contributed by atoms with van der Waals surface area (Å²) in [4.78, 5) is 34.1. The van der Waals surface area contributed by atoms with E-state index in [2.05, 4.69) is 20.3 Å². The number of H-pyrrole nitrogens is 3. The third-order valence-electron chi connectivity index (χ3n) is 7.11. The molecule has 3 aromatic heterocycles. The Morgan fingerprint density at radius 2 is 1.93 bits per heavy atom. The van der Waals surface area contributed by atoms with Crippen molar-refractivity contribution in [1.29, 1.82) is 0 Å². The summed E-state index contributed by atoms with van der Waals surface area (Å²) in [5.41, 5.74) is 5.09. The van der Waals surface area contributed by atoms with Crippen LogP contribution in [0.5, 0.6) is 0 Å². The van der Waals surface area contributed by atoms with Gasteiger partial charge in [-0.1, -0.05) is 25.4 Å². The van der Waals surface area contributed by atoms with Crippen molar-refractivity contribution < 1.29 is 23.8 Å². The molecule has 3 heterocycles. The van der Waals surface area contributed by atoms with Crippen molar-refractivity contribution in [2.24, 2.45) is 0 Å². The third kappa shape index (κ3) is 4.98. The number of carbonyl (C=O) groups is 2. The molecule has 2 aromatic carbocycles. The van der Waals surface area contributed by atoms with Crippen LogP contribution in [0, 0.1) is 5.82 Å². The third-order valence-corrected chi connectivity index (χ3v) is 7.42. The molecule has 0 unspecified atom stereocenters. The molecule has 0 saturated carbocycles. The SMILES string of the molecule is COCCC(=O)NCCc1c[nH]c2cc(F)cc(-c3[nH]c(C(=O)O)c(-c4c(Cl)ccc5[nH]ccc45)c3C(C)C)c12. The molecule has 5 N–H and O–H groups in total. The molecule has 0 bridgehead atoms. The minimum Gasteiger partial charge on any atom is -0.477 e. The lowest BCUT2D eigenvalue weighted by molar-refractivity contribution is -0.121. The quantitative estimate of drug-likeness (QED) is 0.131. The van der Waals surface area contributed by atoms with E-state index < -0.39 is 11.8 Å². The number of rotatable bonds is 10. The van der Waals surface area contributed by atoms with Gasteiger partial charge in [-0.25, -0.2) is 9.18 Å². The number of carboxylic acids is 1. The summed E-state index contributed by atoms with van der Waals surface area (Å²) < 4.78 is 19.9. The van der Waals surface area contributed by atoms with Gasteiger partial charge in [0, 0.05) is 76.0 Å². The van der Waals surface area contributed by atoms with E-state index in [1.54, 1.807) is 25.6 Å². The first-order chi connectivity index (χ1) is 19.2. The predicted octanol–water partition coefficient (Wildman–Crippen LogP) is 6.62. The maximum Gasteiger partial charge on any atom is 0.352 e. The number of aromatic nitrogens is 3. The van der Waals surface area contributed by atoms with Crippen molar-refractivity contribution in [2.75, 3.05) is 20.3 Å². The van der Waals surface area contributed by atoms with Gasteiger partial charge in [-0.2, -0.15) is 0 Å². The first-order valence-electron chi connectivity index (χ1n) is 13.0. The number of benzene rings is 2. The number of carboxylic acid groups (broad SMARTS) is 1. The van der Waals surface area contributed by atoms with E-state index in [1.807, 2.05) is 26.0 Å². The largest absolute Gasteiger partial charge is 0.477 e. The Hall–Kier alpha value is -4.08. The van der Waals surface area contributed by atoms with Gasteiger partial charge in [-0.3, -0.25) is 4.79 Å². The highest BCUT2D eigenvalue weighted by atomic mass is 35.5. The molecule has 0 radical (unpaired) electrons. The van der Waals surface area contributed by atoms with E-state index >= 15 is 0 Å². The number of amides is 1. The lowest BCUT2D eigenvalue weighted by Crippen LogP contribution is -2.26. The highest BCUT2D eigenvalue weighted by Gasteiger charge is 2.29. The topological polar surface area (TPSA) is 123 Å². The molecule has 10 heteroatoms. The molecular formula is C30H30ClFN4O4. The van der Waals surface area contributed by atoms with Crippen LogP contribution in [0.1, 0.15) is 47.8 Å². The summed E-state index contributed by atoms with van der Waals surface area (Å²) in [5, 5.41) is 15.1. The van der Waals surface area contributed by atoms with Gasteiger partial charge in [0.05, 0.1) is 12.3 Å². The molecule has 0 atom stereocenters. The van der Waals surface area contributed by atoms with E-state index in [0.29, 0.717) is 52.5 Å². The molecule has 0 spiro atoms. The number of hydrogen-bond acceptors (Lipinski definition) is 3. The van der Waals surface area contributed by atoms with E-state index in [0.717, 1.165) is 27.4 Å². The average Bonchev–Trinajstić information content (AvgIpc) is 3.64. The van der Waals surface area contributed by atoms with Gasteiger partial charge in [0.15, 0.2) is 0 Å². The summed E-state index contributed by atoms with van der Waals surface area (Å²) in [6.45, 7) is 4.65. The van der Waals surface area contributed by atoms with E-state index in [9.17, 15) is 19.1 Å². The fraction of sp³-hybridized carbons (Fsp3) is 0.267. The van der Waals surface area contributed by atoms with Crippen LogP contribution in [0.25, 0.3) is 44.2 Å². The van der Waals surface area contributed by atoms with Crippen LogP contribution < -0.4 is 5.32 Å². The Bertz CT molecular complexity index is 1730. The second-order valence-corrected chi connectivity index (χ2v) is 10.4. The Labute approximate surface area is 234 Å². The zero-order valence-corrected chi connectivity index (χ0v) is 23.1. The number of hydrogen-bond donors (Lipinski definition) is 5. The Morgan fingerprint density at radius 1 is 1.12 bits per heavy atom. The monoisotopic (exact) mass is 564 g/mol. The molecule has 40 heavy (non-hydrogen) atoms. The highest BCUT2D eigenvalue weighted by molar-refractivity contribution is 6.35. The molecule has 0 saturated heterocycles. The molecule has 0 aliphatic carbocycles. The molecule has 0 aliphatic heterocycles. The second kappa shape index (κ2) is 11.2. The minimum absolute atomic E-state index is 0.0193. The highest BCUT2D eigenvalue weighted by Crippen LogP contribution is 2.46. The van der Waals surface area contributed by atoms with Gasteiger partial charge in [0.1, 0.15) is 11.5 Å². The zero-order valence-electron chi connectivity index (χ0n) is 22.4. The fourth-order valence-electron chi connectivity index (χ4n) is 5.40. The molecule has 5 rings (SSSR count). The van der Waals surface area contributed by atoms with Crippen LogP contribution in [0.4, 0.5) is 4.39 Å². The lowest BCUT2D eigenvalue weighted by Gasteiger charge is -2.15. The minimum atomic E-state index is -1.15. The summed E-state index contributed by atoms with van der Waals surface area (Å²) in [5.74, 6) is -1.86. The number of ether oxygens (including phenoxy) is 1. The van der Waals surface area contributed by atoms with E-state index in [-0.39, 0.29) is 23.9 Å². The molecular weight excluding hydrogens is 535 g/mol. The average molecular weight is 565 g/mol. The summed E-state index contributed by atoms with van der Waals surface area (Å²) >= 11 is 6.72. The number of halogens is 2. The fourth-order valence-corrected chi connectivity index (χ4v) is 5.66. The maximum atomic E-state index is 15.0.